The van der Waals surface area contributed by atoms with E-state index < -0.39 is 9.84 Å². The largest absolute Gasteiger partial charge is 0.247 e. The first-order valence-electron chi connectivity index (χ1n) is 3.61. The van der Waals surface area contributed by atoms with Crippen LogP contribution in [0.3, 0.4) is 0 Å². The van der Waals surface area contributed by atoms with Crippen LogP contribution in [0, 0.1) is 0 Å². The van der Waals surface area contributed by atoms with Crippen molar-refractivity contribution in [3.8, 4) is 0 Å². The van der Waals surface area contributed by atoms with E-state index in [1.807, 2.05) is 0 Å². The second-order valence-electron chi connectivity index (χ2n) is 2.79. The molecule has 0 saturated carbocycles. The maximum atomic E-state index is 10.9. The highest BCUT2D eigenvalue weighted by Crippen LogP contribution is 2.18. The summed E-state index contributed by atoms with van der Waals surface area (Å²) in [5, 5.41) is 1.73. The first-order chi connectivity index (χ1) is 5.49. The maximum absolute atomic E-state index is 10.9. The van der Waals surface area contributed by atoms with Crippen LogP contribution in [0.5, 0.6) is 0 Å². The van der Waals surface area contributed by atoms with Gasteiger partial charge in [-0.3, -0.25) is 0 Å². The molecule has 1 aliphatic heterocycles. The molecular formula is C7H11NO2S2. The number of sulfone groups is 1. The summed E-state index contributed by atoms with van der Waals surface area (Å²) in [7, 11) is -3.11. The average Bonchev–Trinajstić information content (AvgIpc) is 2.26. The van der Waals surface area contributed by atoms with Crippen LogP contribution in [0.1, 0.15) is 13.8 Å². The summed E-state index contributed by atoms with van der Waals surface area (Å²) in [4.78, 5) is 3.79. The van der Waals surface area contributed by atoms with E-state index in [-0.39, 0.29) is 0 Å². The third-order valence-corrected chi connectivity index (χ3v) is 3.36. The van der Waals surface area contributed by atoms with E-state index in [9.17, 15) is 8.42 Å². The highest BCUT2D eigenvalue weighted by Gasteiger charge is 2.12. The molecule has 68 valence electrons. The Kier molecular flexibility index (Phi) is 2.95. The average molecular weight is 205 g/mol. The number of hydrogen-bond donors (Lipinski definition) is 0. The van der Waals surface area contributed by atoms with Gasteiger partial charge in [-0.1, -0.05) is 13.8 Å². The molecule has 12 heavy (non-hydrogen) atoms. The minimum absolute atomic E-state index is 0.504. The van der Waals surface area contributed by atoms with Crippen molar-refractivity contribution in [3.05, 3.63) is 11.1 Å². The summed E-state index contributed by atoms with van der Waals surface area (Å²) >= 11 is 1.68. The van der Waals surface area contributed by atoms with Gasteiger partial charge in [0, 0.05) is 5.75 Å². The van der Waals surface area contributed by atoms with Crippen molar-refractivity contribution >= 4 is 27.1 Å². The maximum Gasteiger partial charge on any atom is 0.211 e. The first kappa shape index (κ1) is 9.80. The van der Waals surface area contributed by atoms with Crippen molar-refractivity contribution in [2.75, 3.05) is 5.75 Å². The lowest BCUT2D eigenvalue weighted by molar-refractivity contribution is 0.616. The Labute approximate surface area is 76.9 Å². The van der Waals surface area contributed by atoms with Gasteiger partial charge < -0.3 is 0 Å². The second kappa shape index (κ2) is 3.62. The first-order valence-corrected chi connectivity index (χ1v) is 6.27. The number of aliphatic imine (C=N–C) groups is 1. The molecule has 5 heteroatoms. The predicted molar refractivity (Wildman–Crippen MR) is 53.1 cm³/mol. The molecule has 0 amide bonds. The van der Waals surface area contributed by atoms with E-state index in [1.165, 1.54) is 5.41 Å². The van der Waals surface area contributed by atoms with Gasteiger partial charge in [-0.25, -0.2) is 13.4 Å². The summed E-state index contributed by atoms with van der Waals surface area (Å²) < 4.78 is 21.7. The van der Waals surface area contributed by atoms with Crippen LogP contribution in [0.25, 0.3) is 0 Å². The van der Waals surface area contributed by atoms with Crippen LogP contribution >= 0.6 is 11.8 Å². The standard InChI is InChI=1S/C7H11NO2S2/c1-6(2)11-3-7-4-12(9,10)5-8-7/h4-6H,3H2,1-2H3. The highest BCUT2D eigenvalue weighted by molar-refractivity contribution is 8.07. The minimum atomic E-state index is -3.11. The summed E-state index contributed by atoms with van der Waals surface area (Å²) in [5.41, 5.74) is 1.65. The molecule has 0 radical (unpaired) electrons. The molecule has 1 aliphatic rings. The van der Waals surface area contributed by atoms with E-state index >= 15 is 0 Å². The molecule has 1 heterocycles. The van der Waals surface area contributed by atoms with E-state index in [1.54, 1.807) is 11.8 Å². The topological polar surface area (TPSA) is 46.5 Å². The molecule has 0 atom stereocenters. The minimum Gasteiger partial charge on any atom is -0.247 e. The quantitative estimate of drug-likeness (QED) is 0.700. The van der Waals surface area contributed by atoms with E-state index in [0.29, 0.717) is 16.7 Å². The Morgan fingerprint density at radius 2 is 2.25 bits per heavy atom. The highest BCUT2D eigenvalue weighted by atomic mass is 32.2. The van der Waals surface area contributed by atoms with Crippen molar-refractivity contribution in [1.29, 1.82) is 0 Å². The van der Waals surface area contributed by atoms with Crippen LogP contribution in [0.4, 0.5) is 0 Å². The zero-order valence-corrected chi connectivity index (χ0v) is 8.65. The summed E-state index contributed by atoms with van der Waals surface area (Å²) in [5.74, 6) is 0.674. The van der Waals surface area contributed by atoms with Gasteiger partial charge in [0.2, 0.25) is 9.84 Å². The zero-order valence-electron chi connectivity index (χ0n) is 7.02. The molecule has 0 aliphatic carbocycles. The van der Waals surface area contributed by atoms with Gasteiger partial charge in [0.05, 0.1) is 11.1 Å². The lowest BCUT2D eigenvalue weighted by Crippen LogP contribution is -1.91. The van der Waals surface area contributed by atoms with Gasteiger partial charge in [-0.2, -0.15) is 11.8 Å². The van der Waals surface area contributed by atoms with Crippen LogP contribution in [-0.4, -0.2) is 25.0 Å². The van der Waals surface area contributed by atoms with E-state index in [2.05, 4.69) is 18.8 Å². The smallest absolute Gasteiger partial charge is 0.211 e. The summed E-state index contributed by atoms with van der Waals surface area (Å²) in [6, 6.07) is 0. The van der Waals surface area contributed by atoms with Gasteiger partial charge in [0.15, 0.2) is 0 Å². The third kappa shape index (κ3) is 2.98. The fraction of sp³-hybridized carbons (Fsp3) is 0.571. The number of thioether (sulfide) groups is 1. The van der Waals surface area contributed by atoms with Crippen molar-refractivity contribution in [1.82, 2.24) is 0 Å². The van der Waals surface area contributed by atoms with E-state index in [0.717, 1.165) is 5.55 Å². The molecule has 3 nitrogen and oxygen atoms in total. The molecule has 1 rings (SSSR count). The monoisotopic (exact) mass is 205 g/mol. The van der Waals surface area contributed by atoms with Gasteiger partial charge in [-0.05, 0) is 5.25 Å². The fourth-order valence-corrected chi connectivity index (χ4v) is 2.35. The molecule has 0 N–H and O–H groups in total. The Hall–Kier alpha value is -0.290. The van der Waals surface area contributed by atoms with Gasteiger partial charge in [0.25, 0.3) is 0 Å². The summed E-state index contributed by atoms with van der Waals surface area (Å²) in [6.07, 6.45) is 0. The Morgan fingerprint density at radius 1 is 1.58 bits per heavy atom. The number of rotatable bonds is 3. The fourth-order valence-electron chi connectivity index (χ4n) is 0.715. The van der Waals surface area contributed by atoms with Gasteiger partial charge in [0.1, 0.15) is 5.55 Å². The van der Waals surface area contributed by atoms with Gasteiger partial charge in [-0.15, -0.1) is 0 Å². The molecule has 0 aromatic carbocycles. The van der Waals surface area contributed by atoms with Crippen molar-refractivity contribution in [2.24, 2.45) is 4.99 Å². The van der Waals surface area contributed by atoms with Gasteiger partial charge >= 0.3 is 0 Å². The van der Waals surface area contributed by atoms with Crippen LogP contribution in [0.15, 0.2) is 16.1 Å². The normalized spacial score (nSPS) is 20.1. The molecule has 0 unspecified atom stereocenters. The SMILES string of the molecule is CC(C)SCC1=CS(=O)(=O)C=N1. The third-order valence-electron chi connectivity index (χ3n) is 1.23. The lowest BCUT2D eigenvalue weighted by Gasteiger charge is -2.01. The molecule has 0 saturated heterocycles. The zero-order chi connectivity index (χ0) is 9.19. The van der Waals surface area contributed by atoms with Crippen LogP contribution in [0.2, 0.25) is 0 Å². The number of nitrogens with zero attached hydrogens (tertiary/aromatic N) is 1. The Bertz CT molecular complexity index is 314. The summed E-state index contributed by atoms with van der Waals surface area (Å²) in [6.45, 7) is 4.14. The van der Waals surface area contributed by atoms with Crippen molar-refractivity contribution < 1.29 is 8.42 Å². The Morgan fingerprint density at radius 3 is 2.67 bits per heavy atom. The van der Waals surface area contributed by atoms with E-state index in [4.69, 9.17) is 0 Å². The Balaban J connectivity index is 2.53. The molecule has 0 aromatic heterocycles. The van der Waals surface area contributed by atoms with Crippen molar-refractivity contribution in [2.45, 2.75) is 19.1 Å². The van der Waals surface area contributed by atoms with Crippen LogP contribution in [-0.2, 0) is 9.84 Å². The molecule has 0 aromatic rings. The molecular weight excluding hydrogens is 194 g/mol. The van der Waals surface area contributed by atoms with Crippen LogP contribution < -0.4 is 0 Å². The predicted octanol–water partition coefficient (Wildman–Crippen LogP) is 1.43. The second-order valence-corrected chi connectivity index (χ2v) is 5.98. The molecule has 0 fully saturated rings. The lowest BCUT2D eigenvalue weighted by atomic mass is 10.6. The number of hydrogen-bond acceptors (Lipinski definition) is 4. The molecule has 0 bridgehead atoms. The molecule has 0 spiro atoms. The van der Waals surface area contributed by atoms with Crippen molar-refractivity contribution in [3.63, 3.8) is 0 Å².